The average Bonchev–Trinajstić information content (AvgIpc) is 3.72. The molecule has 2 saturated heterocycles. The first-order valence-corrected chi connectivity index (χ1v) is 14.1. The fourth-order valence-electron chi connectivity index (χ4n) is 5.59. The van der Waals surface area contributed by atoms with E-state index in [0.717, 1.165) is 64.2 Å². The zero-order chi connectivity index (χ0) is 27.9. The van der Waals surface area contributed by atoms with E-state index in [2.05, 4.69) is 74.3 Å². The molecule has 8 heteroatoms. The number of amides is 1. The fourth-order valence-corrected chi connectivity index (χ4v) is 5.59. The van der Waals surface area contributed by atoms with Crippen LogP contribution in [0.15, 0.2) is 48.8 Å². The summed E-state index contributed by atoms with van der Waals surface area (Å²) in [6, 6.07) is 13.4. The van der Waals surface area contributed by atoms with Gasteiger partial charge in [-0.2, -0.15) is 0 Å². The van der Waals surface area contributed by atoms with E-state index in [4.69, 9.17) is 4.74 Å². The summed E-state index contributed by atoms with van der Waals surface area (Å²) in [4.78, 5) is 30.4. The second-order valence-corrected chi connectivity index (χ2v) is 11.9. The molecule has 2 aliphatic heterocycles. The zero-order valence-electron chi connectivity index (χ0n) is 23.5. The minimum Gasteiger partial charge on any atom is -0.444 e. The zero-order valence-corrected chi connectivity index (χ0v) is 23.5. The third-order valence-corrected chi connectivity index (χ3v) is 7.58. The first-order valence-electron chi connectivity index (χ1n) is 14.1. The maximum atomic E-state index is 12.7. The molecule has 2 fully saturated rings. The topological polar surface area (TPSA) is 98.9 Å². The lowest BCUT2D eigenvalue weighted by Gasteiger charge is -2.27. The van der Waals surface area contributed by atoms with Crippen LogP contribution in [0.5, 0.6) is 0 Å². The molecule has 3 N–H and O–H groups in total. The van der Waals surface area contributed by atoms with E-state index in [-0.39, 0.29) is 12.1 Å². The lowest BCUT2D eigenvalue weighted by Crippen LogP contribution is -2.36. The lowest BCUT2D eigenvalue weighted by atomic mass is 10.0. The highest BCUT2D eigenvalue weighted by molar-refractivity contribution is 5.88. The van der Waals surface area contributed by atoms with Crippen LogP contribution in [-0.2, 0) is 4.74 Å². The van der Waals surface area contributed by atoms with Crippen LogP contribution >= 0.6 is 0 Å². The number of rotatable bonds is 3. The molecule has 8 nitrogen and oxygen atoms in total. The van der Waals surface area contributed by atoms with Crippen molar-refractivity contribution in [3.8, 4) is 23.1 Å². The molecule has 0 aliphatic carbocycles. The smallest absolute Gasteiger partial charge is 0.410 e. The van der Waals surface area contributed by atoms with Gasteiger partial charge in [-0.25, -0.2) is 14.8 Å². The van der Waals surface area contributed by atoms with Crippen molar-refractivity contribution in [2.75, 3.05) is 6.54 Å². The molecule has 4 heterocycles. The van der Waals surface area contributed by atoms with Crippen molar-refractivity contribution in [2.24, 2.45) is 0 Å². The first-order chi connectivity index (χ1) is 19.2. The maximum absolute atomic E-state index is 12.7. The largest absolute Gasteiger partial charge is 0.444 e. The number of imidazole rings is 2. The Morgan fingerprint density at radius 1 is 0.975 bits per heavy atom. The van der Waals surface area contributed by atoms with Crippen LogP contribution in [0.4, 0.5) is 4.79 Å². The summed E-state index contributed by atoms with van der Waals surface area (Å²) >= 11 is 0. The van der Waals surface area contributed by atoms with Crippen LogP contribution in [0, 0.1) is 11.8 Å². The van der Waals surface area contributed by atoms with Crippen molar-refractivity contribution in [1.29, 1.82) is 0 Å². The van der Waals surface area contributed by atoms with Crippen molar-refractivity contribution < 1.29 is 9.53 Å². The molecule has 0 spiro atoms. The van der Waals surface area contributed by atoms with Crippen molar-refractivity contribution in [3.63, 3.8) is 0 Å². The number of aromatic nitrogens is 4. The van der Waals surface area contributed by atoms with Crippen molar-refractivity contribution in [3.05, 3.63) is 71.7 Å². The second-order valence-electron chi connectivity index (χ2n) is 11.9. The van der Waals surface area contributed by atoms with Crippen molar-refractivity contribution >= 4 is 16.9 Å². The summed E-state index contributed by atoms with van der Waals surface area (Å²) in [6.07, 6.45) is 7.43. The van der Waals surface area contributed by atoms with Gasteiger partial charge in [0.25, 0.3) is 0 Å². The predicted octanol–water partition coefficient (Wildman–Crippen LogP) is 6.24. The van der Waals surface area contributed by atoms with Gasteiger partial charge in [0.05, 0.1) is 30.2 Å². The minimum absolute atomic E-state index is 0.121. The van der Waals surface area contributed by atoms with E-state index >= 15 is 0 Å². The SMILES string of the molecule is CC1CCC(c2ncc(-c3ccc4cc(C#Cc5cnc(C6CCCN6C(=O)OC(C)(C)C)[nH]5)ccc4c3)[nH]2)N1. The van der Waals surface area contributed by atoms with E-state index in [1.54, 1.807) is 11.1 Å². The Labute approximate surface area is 234 Å². The number of nitrogens with one attached hydrogen (secondary N) is 3. The predicted molar refractivity (Wildman–Crippen MR) is 156 cm³/mol. The molecule has 0 bridgehead atoms. The molecule has 0 radical (unpaired) electrons. The van der Waals surface area contributed by atoms with Crippen LogP contribution in [0.2, 0.25) is 0 Å². The van der Waals surface area contributed by atoms with Gasteiger partial charge in [-0.05, 0) is 88.3 Å². The number of nitrogens with zero attached hydrogens (tertiary/aromatic N) is 3. The number of ether oxygens (including phenoxy) is 1. The fraction of sp³-hybridized carbons (Fsp3) is 0.406. The van der Waals surface area contributed by atoms with Crippen molar-refractivity contribution in [2.45, 2.75) is 77.1 Å². The summed E-state index contributed by atoms with van der Waals surface area (Å²) in [5, 5.41) is 5.87. The highest BCUT2D eigenvalue weighted by Gasteiger charge is 2.34. The molecule has 6 rings (SSSR count). The molecule has 2 aromatic heterocycles. The Balaban J connectivity index is 1.15. The summed E-state index contributed by atoms with van der Waals surface area (Å²) in [6.45, 7) is 8.53. The third-order valence-electron chi connectivity index (χ3n) is 7.58. The molecule has 0 saturated carbocycles. The molecule has 2 aromatic carbocycles. The molecule has 3 atom stereocenters. The monoisotopic (exact) mass is 536 g/mol. The van der Waals surface area contributed by atoms with Crippen molar-refractivity contribution in [1.82, 2.24) is 30.2 Å². The van der Waals surface area contributed by atoms with Crippen LogP contribution in [0.1, 0.15) is 88.4 Å². The van der Waals surface area contributed by atoms with E-state index in [1.807, 2.05) is 33.0 Å². The van der Waals surface area contributed by atoms with Gasteiger partial charge < -0.3 is 20.0 Å². The Morgan fingerprint density at radius 2 is 1.77 bits per heavy atom. The van der Waals surface area contributed by atoms with Gasteiger partial charge in [0, 0.05) is 23.7 Å². The van der Waals surface area contributed by atoms with Gasteiger partial charge in [-0.1, -0.05) is 24.1 Å². The number of carbonyl (C=O) groups is 1. The number of H-pyrrole nitrogens is 2. The van der Waals surface area contributed by atoms with Gasteiger partial charge in [-0.3, -0.25) is 4.90 Å². The normalized spacial score (nSPS) is 21.0. The molecule has 206 valence electrons. The Bertz CT molecular complexity index is 1600. The Morgan fingerprint density at radius 3 is 2.58 bits per heavy atom. The maximum Gasteiger partial charge on any atom is 0.410 e. The van der Waals surface area contributed by atoms with Gasteiger partial charge in [-0.15, -0.1) is 0 Å². The second kappa shape index (κ2) is 10.5. The van der Waals surface area contributed by atoms with Crippen LogP contribution in [0.25, 0.3) is 22.0 Å². The molecule has 3 unspecified atom stereocenters. The number of carbonyl (C=O) groups excluding carboxylic acids is 1. The Kier molecular flexibility index (Phi) is 6.85. The van der Waals surface area contributed by atoms with E-state index in [0.29, 0.717) is 18.6 Å². The first kappa shape index (κ1) is 26.1. The minimum atomic E-state index is -0.528. The average molecular weight is 537 g/mol. The van der Waals surface area contributed by atoms with Gasteiger partial charge in [0.15, 0.2) is 0 Å². The number of likely N-dealkylation sites (tertiary alicyclic amines) is 1. The van der Waals surface area contributed by atoms with E-state index < -0.39 is 5.60 Å². The summed E-state index contributed by atoms with van der Waals surface area (Å²) < 4.78 is 5.59. The summed E-state index contributed by atoms with van der Waals surface area (Å²) in [5.74, 6) is 8.22. The quantitative estimate of drug-likeness (QED) is 0.269. The standard InChI is InChI=1S/C32H36N6O2/c1-20-7-14-26(35-20)29-34-19-27(37-29)24-12-11-22-16-21(8-10-23(22)17-24)9-13-25-18-33-30(36-25)28-6-5-15-38(28)31(39)40-32(2,3)4/h8,10-12,16-20,26,28,35H,5-7,14-15H2,1-4H3,(H,33,36)(H,34,37). The number of benzene rings is 2. The molecule has 1 amide bonds. The van der Waals surface area contributed by atoms with E-state index in [1.165, 1.54) is 6.42 Å². The third kappa shape index (κ3) is 5.61. The molecule has 2 aliphatic rings. The number of fused-ring (bicyclic) bond motifs is 1. The van der Waals surface area contributed by atoms with Crippen LogP contribution in [-0.4, -0.2) is 49.1 Å². The lowest BCUT2D eigenvalue weighted by molar-refractivity contribution is 0.0218. The van der Waals surface area contributed by atoms with Gasteiger partial charge in [0.1, 0.15) is 22.9 Å². The van der Waals surface area contributed by atoms with E-state index in [9.17, 15) is 4.79 Å². The highest BCUT2D eigenvalue weighted by Crippen LogP contribution is 2.32. The summed E-state index contributed by atoms with van der Waals surface area (Å²) in [7, 11) is 0. The number of hydrogen-bond acceptors (Lipinski definition) is 5. The van der Waals surface area contributed by atoms with Crippen LogP contribution < -0.4 is 5.32 Å². The molecule has 4 aromatic rings. The molecular weight excluding hydrogens is 500 g/mol. The molecular formula is C32H36N6O2. The number of aromatic amines is 2. The van der Waals surface area contributed by atoms with Crippen LogP contribution in [0.3, 0.4) is 0 Å². The number of hydrogen-bond donors (Lipinski definition) is 3. The Hall–Kier alpha value is -4.09. The highest BCUT2D eigenvalue weighted by atomic mass is 16.6. The summed E-state index contributed by atoms with van der Waals surface area (Å²) in [5.41, 5.74) is 3.28. The van der Waals surface area contributed by atoms with Gasteiger partial charge >= 0.3 is 6.09 Å². The molecule has 40 heavy (non-hydrogen) atoms. The van der Waals surface area contributed by atoms with Gasteiger partial charge in [0.2, 0.25) is 0 Å².